The molecule has 192 valence electrons. The van der Waals surface area contributed by atoms with Gasteiger partial charge in [-0.25, -0.2) is 4.98 Å². The molecule has 1 saturated heterocycles. The molecule has 3 heterocycles. The maximum Gasteiger partial charge on any atom is 0.227 e. The number of benzene rings is 2. The van der Waals surface area contributed by atoms with Crippen molar-refractivity contribution in [2.24, 2.45) is 0 Å². The second-order valence-corrected chi connectivity index (χ2v) is 10.5. The van der Waals surface area contributed by atoms with Crippen LogP contribution in [0, 0.1) is 0 Å². The summed E-state index contributed by atoms with van der Waals surface area (Å²) < 4.78 is 2.30. The molecule has 0 amide bonds. The Morgan fingerprint density at radius 2 is 1.49 bits per heavy atom. The molecule has 7 heteroatoms. The van der Waals surface area contributed by atoms with Gasteiger partial charge >= 0.3 is 0 Å². The minimum absolute atomic E-state index is 0.373. The molecule has 0 bridgehead atoms. The van der Waals surface area contributed by atoms with Crippen LogP contribution in [0.3, 0.4) is 0 Å². The van der Waals surface area contributed by atoms with E-state index < -0.39 is 0 Å². The first-order chi connectivity index (χ1) is 18.3. The van der Waals surface area contributed by atoms with Crippen molar-refractivity contribution in [3.05, 3.63) is 78.1 Å². The molecule has 2 fully saturated rings. The molecular formula is C30H37N7. The first kappa shape index (κ1) is 23.9. The third-order valence-corrected chi connectivity index (χ3v) is 7.86. The Hall–Kier alpha value is -3.45. The molecule has 1 saturated carbocycles. The van der Waals surface area contributed by atoms with Crippen molar-refractivity contribution in [3.63, 3.8) is 0 Å². The summed E-state index contributed by atoms with van der Waals surface area (Å²) in [6.07, 6.45) is 10.4. The fourth-order valence-corrected chi connectivity index (χ4v) is 5.77. The van der Waals surface area contributed by atoms with Crippen LogP contribution in [0.1, 0.15) is 62.1 Å². The van der Waals surface area contributed by atoms with E-state index in [0.717, 1.165) is 49.5 Å². The lowest BCUT2D eigenvalue weighted by Gasteiger charge is -2.32. The Morgan fingerprint density at radius 1 is 0.784 bits per heavy atom. The highest BCUT2D eigenvalue weighted by Crippen LogP contribution is 2.32. The minimum Gasteiger partial charge on any atom is -0.364 e. The van der Waals surface area contributed by atoms with E-state index in [2.05, 4.69) is 74.7 Å². The number of hydrogen-bond donors (Lipinski definition) is 2. The fourth-order valence-electron chi connectivity index (χ4n) is 5.77. The molecule has 0 spiro atoms. The number of imidazole rings is 1. The Balaban J connectivity index is 1.19. The topological polar surface area (TPSA) is 70.9 Å². The van der Waals surface area contributed by atoms with E-state index >= 15 is 0 Å². The van der Waals surface area contributed by atoms with Gasteiger partial charge in [-0.3, -0.25) is 4.90 Å². The number of fused-ring (bicyclic) bond motifs is 1. The van der Waals surface area contributed by atoms with Crippen molar-refractivity contribution in [2.75, 3.05) is 23.7 Å². The normalized spacial score (nSPS) is 17.7. The number of aromatic nitrogens is 4. The van der Waals surface area contributed by atoms with Crippen LogP contribution < -0.4 is 10.6 Å². The zero-order valence-corrected chi connectivity index (χ0v) is 21.5. The van der Waals surface area contributed by atoms with E-state index in [1.165, 1.54) is 43.2 Å². The lowest BCUT2D eigenvalue weighted by molar-refractivity contribution is 0.211. The van der Waals surface area contributed by atoms with E-state index in [4.69, 9.17) is 15.0 Å². The van der Waals surface area contributed by atoms with Gasteiger partial charge in [-0.15, -0.1) is 0 Å². The van der Waals surface area contributed by atoms with Gasteiger partial charge in [0.05, 0.1) is 6.33 Å². The number of nitrogens with one attached hydrogen (secondary N) is 2. The standard InChI is InChI=1S/C30H37N7/c1-4-10-23(11-5-1)20-31-28-27-29(37(22-32-27)26-14-8-3-9-15-26)35-30(34-28)33-25-16-18-36(19-17-25)21-24-12-6-2-7-13-24/h1-2,4-7,10-13,22,25-26H,3,8-9,14-21H2,(H2,31,33,34,35). The number of rotatable bonds is 8. The summed E-state index contributed by atoms with van der Waals surface area (Å²) in [5.74, 6) is 1.52. The molecule has 2 aliphatic rings. The van der Waals surface area contributed by atoms with Gasteiger partial charge in [0.2, 0.25) is 5.95 Å². The van der Waals surface area contributed by atoms with E-state index in [1.54, 1.807) is 0 Å². The molecule has 6 rings (SSSR count). The summed E-state index contributed by atoms with van der Waals surface area (Å²) in [7, 11) is 0. The van der Waals surface area contributed by atoms with Gasteiger partial charge in [-0.05, 0) is 36.8 Å². The monoisotopic (exact) mass is 495 g/mol. The number of hydrogen-bond acceptors (Lipinski definition) is 6. The zero-order chi connectivity index (χ0) is 24.9. The van der Waals surface area contributed by atoms with Crippen LogP contribution in [0.15, 0.2) is 67.0 Å². The summed E-state index contributed by atoms with van der Waals surface area (Å²) in [6.45, 7) is 3.88. The predicted octanol–water partition coefficient (Wildman–Crippen LogP) is 6.02. The Bertz CT molecular complexity index is 1270. The van der Waals surface area contributed by atoms with Crippen LogP contribution in [0.5, 0.6) is 0 Å². The first-order valence-corrected chi connectivity index (χ1v) is 13.9. The van der Waals surface area contributed by atoms with Crippen LogP contribution in [-0.2, 0) is 13.1 Å². The number of likely N-dealkylation sites (tertiary alicyclic amines) is 1. The zero-order valence-electron chi connectivity index (χ0n) is 21.5. The van der Waals surface area contributed by atoms with Gasteiger partial charge in [0, 0.05) is 38.3 Å². The van der Waals surface area contributed by atoms with Crippen LogP contribution in [0.4, 0.5) is 11.8 Å². The summed E-state index contributed by atoms with van der Waals surface area (Å²) in [5.41, 5.74) is 4.42. The molecule has 0 atom stereocenters. The smallest absolute Gasteiger partial charge is 0.227 e. The minimum atomic E-state index is 0.373. The van der Waals surface area contributed by atoms with Crippen molar-refractivity contribution in [1.29, 1.82) is 0 Å². The average Bonchev–Trinajstić information content (AvgIpc) is 3.39. The Morgan fingerprint density at radius 3 is 2.22 bits per heavy atom. The third-order valence-electron chi connectivity index (χ3n) is 7.86. The largest absolute Gasteiger partial charge is 0.364 e. The van der Waals surface area contributed by atoms with E-state index in [0.29, 0.717) is 24.6 Å². The van der Waals surface area contributed by atoms with Crippen LogP contribution in [0.25, 0.3) is 11.2 Å². The molecule has 7 nitrogen and oxygen atoms in total. The van der Waals surface area contributed by atoms with E-state index in [1.807, 2.05) is 12.4 Å². The molecule has 2 N–H and O–H groups in total. The van der Waals surface area contributed by atoms with Crippen LogP contribution >= 0.6 is 0 Å². The van der Waals surface area contributed by atoms with E-state index in [-0.39, 0.29) is 0 Å². The van der Waals surface area contributed by atoms with Gasteiger partial charge in [0.25, 0.3) is 0 Å². The highest BCUT2D eigenvalue weighted by Gasteiger charge is 2.23. The predicted molar refractivity (Wildman–Crippen MR) is 150 cm³/mol. The Labute approximate surface area is 219 Å². The SMILES string of the molecule is c1ccc(CNc2nc(NC3CCN(Cc4ccccc4)CC3)nc3c2ncn3C2CCCCC2)cc1. The van der Waals surface area contributed by atoms with Gasteiger partial charge < -0.3 is 15.2 Å². The quantitative estimate of drug-likeness (QED) is 0.311. The van der Waals surface area contributed by atoms with Gasteiger partial charge in [0.15, 0.2) is 17.0 Å². The van der Waals surface area contributed by atoms with Crippen LogP contribution in [0.2, 0.25) is 0 Å². The highest BCUT2D eigenvalue weighted by molar-refractivity contribution is 5.84. The lowest BCUT2D eigenvalue weighted by atomic mass is 9.95. The molecule has 37 heavy (non-hydrogen) atoms. The summed E-state index contributed by atoms with van der Waals surface area (Å²) >= 11 is 0. The maximum absolute atomic E-state index is 5.03. The molecule has 4 aromatic rings. The van der Waals surface area contributed by atoms with E-state index in [9.17, 15) is 0 Å². The van der Waals surface area contributed by atoms with Crippen molar-refractivity contribution in [1.82, 2.24) is 24.4 Å². The van der Waals surface area contributed by atoms with Crippen molar-refractivity contribution in [2.45, 2.75) is 70.1 Å². The Kier molecular flexibility index (Phi) is 7.30. The summed E-state index contributed by atoms with van der Waals surface area (Å²) in [6, 6.07) is 22.1. The second-order valence-electron chi connectivity index (χ2n) is 10.5. The van der Waals surface area contributed by atoms with Crippen molar-refractivity contribution in [3.8, 4) is 0 Å². The first-order valence-electron chi connectivity index (χ1n) is 13.9. The molecule has 1 aliphatic carbocycles. The molecule has 2 aromatic heterocycles. The maximum atomic E-state index is 5.03. The van der Waals surface area contributed by atoms with Gasteiger partial charge in [-0.1, -0.05) is 79.9 Å². The van der Waals surface area contributed by atoms with Crippen molar-refractivity contribution >= 4 is 22.9 Å². The number of piperidine rings is 1. The number of nitrogens with zero attached hydrogens (tertiary/aromatic N) is 5. The van der Waals surface area contributed by atoms with Crippen LogP contribution in [-0.4, -0.2) is 43.6 Å². The summed E-state index contributed by atoms with van der Waals surface area (Å²) in [4.78, 5) is 17.3. The van der Waals surface area contributed by atoms with Gasteiger partial charge in [0.1, 0.15) is 0 Å². The molecular weight excluding hydrogens is 458 g/mol. The third kappa shape index (κ3) is 5.77. The summed E-state index contributed by atoms with van der Waals surface area (Å²) in [5, 5.41) is 7.24. The second kappa shape index (κ2) is 11.3. The molecule has 0 radical (unpaired) electrons. The average molecular weight is 496 g/mol. The molecule has 2 aromatic carbocycles. The molecule has 1 aliphatic heterocycles. The lowest BCUT2D eigenvalue weighted by Crippen LogP contribution is -2.39. The van der Waals surface area contributed by atoms with Gasteiger partial charge in [-0.2, -0.15) is 9.97 Å². The number of anilines is 2. The highest BCUT2D eigenvalue weighted by atomic mass is 15.2. The fraction of sp³-hybridized carbons (Fsp3) is 0.433. The van der Waals surface area contributed by atoms with Crippen molar-refractivity contribution < 1.29 is 0 Å². The molecule has 0 unspecified atom stereocenters.